The fourth-order valence-electron chi connectivity index (χ4n) is 10.6. The molecule has 350 valence electrons. The van der Waals surface area contributed by atoms with Crippen molar-refractivity contribution in [2.24, 2.45) is 0 Å². The molecule has 6 aromatic carbocycles. The van der Waals surface area contributed by atoms with E-state index in [1.807, 2.05) is 74.5 Å². The maximum atomic E-state index is 9.84. The second-order valence-electron chi connectivity index (χ2n) is 19.3. The molecule has 0 bridgehead atoms. The minimum absolute atomic E-state index is 0.00910. The number of aromatic hydroxyl groups is 6. The van der Waals surface area contributed by atoms with E-state index in [4.69, 9.17) is 0 Å². The number of phenolic OH excluding ortho intramolecular Hbond substituents is 6. The highest BCUT2D eigenvalue weighted by Crippen LogP contribution is 2.47. The van der Waals surface area contributed by atoms with Crippen LogP contribution in [0.25, 0.3) is 0 Å². The van der Waals surface area contributed by atoms with Crippen LogP contribution >= 0.6 is 0 Å². The Morgan fingerprint density at radius 2 is 0.621 bits per heavy atom. The van der Waals surface area contributed by atoms with Gasteiger partial charge in [0.2, 0.25) is 0 Å². The summed E-state index contributed by atoms with van der Waals surface area (Å²) >= 11 is 0. The van der Waals surface area contributed by atoms with Gasteiger partial charge in [-0.1, -0.05) is 164 Å². The van der Waals surface area contributed by atoms with Gasteiger partial charge in [0.25, 0.3) is 0 Å². The number of aryl methyl sites for hydroxylation is 2. The van der Waals surface area contributed by atoms with Crippen molar-refractivity contribution < 1.29 is 30.6 Å². The van der Waals surface area contributed by atoms with Crippen LogP contribution in [0.15, 0.2) is 133 Å². The molecular formula is C60H74O6. The predicted molar refractivity (Wildman–Crippen MR) is 270 cm³/mol. The smallest absolute Gasteiger partial charge is 0.118 e. The van der Waals surface area contributed by atoms with Crippen LogP contribution in [0.1, 0.15) is 168 Å². The lowest BCUT2D eigenvalue weighted by Gasteiger charge is -2.39. The Morgan fingerprint density at radius 1 is 0.364 bits per heavy atom. The van der Waals surface area contributed by atoms with E-state index in [0.29, 0.717) is 23.0 Å². The lowest BCUT2D eigenvalue weighted by Crippen LogP contribution is -2.30. The molecule has 2 fully saturated rings. The van der Waals surface area contributed by atoms with E-state index in [1.165, 1.54) is 99.3 Å². The van der Waals surface area contributed by atoms with E-state index >= 15 is 0 Å². The number of hydrogen-bond acceptors (Lipinski definition) is 6. The molecule has 0 unspecified atom stereocenters. The highest BCUT2D eigenvalue weighted by atomic mass is 16.3. The van der Waals surface area contributed by atoms with Crippen LogP contribution in [-0.4, -0.2) is 30.6 Å². The van der Waals surface area contributed by atoms with Crippen molar-refractivity contribution in [3.8, 4) is 34.5 Å². The monoisotopic (exact) mass is 891 g/mol. The van der Waals surface area contributed by atoms with Gasteiger partial charge in [-0.05, 0) is 151 Å². The summed E-state index contributed by atoms with van der Waals surface area (Å²) in [5.41, 5.74) is 9.20. The summed E-state index contributed by atoms with van der Waals surface area (Å²) in [4.78, 5) is 0. The second kappa shape index (κ2) is 23.0. The van der Waals surface area contributed by atoms with Crippen LogP contribution in [0.4, 0.5) is 0 Å². The van der Waals surface area contributed by atoms with Crippen LogP contribution in [0.3, 0.4) is 0 Å². The molecule has 0 aromatic heterocycles. The Kier molecular flexibility index (Phi) is 17.3. The standard InChI is InChI=1S/C24H32O2.C20H24O2.C16H18O2/c25-22-14-10-20(11-15-22)24(21-12-16-23(26)17-13-21)18-8-6-4-2-1-3-5-7-9-19-24;1-14-12-16(6-8-18(14)21)20(10-4-3-5-11-20)17-7-9-19(22)15(2)13-17;1-3-16(2,12-4-8-14(17)9-5-12)13-6-10-15(18)11-7-13/h10-17,25-26H,1-9,18-19H2;6-9,12-13,21-22H,3-5,10-11H2,1-2H3;4-11,17-18H,3H2,1-2H3. The Morgan fingerprint density at radius 3 is 0.924 bits per heavy atom. The van der Waals surface area contributed by atoms with Crippen LogP contribution in [-0.2, 0) is 16.2 Å². The first-order valence-electron chi connectivity index (χ1n) is 24.6. The molecule has 6 heteroatoms. The molecule has 0 amide bonds. The fourth-order valence-corrected chi connectivity index (χ4v) is 10.6. The summed E-state index contributed by atoms with van der Waals surface area (Å²) in [6, 6.07) is 42.3. The second-order valence-corrected chi connectivity index (χ2v) is 19.3. The van der Waals surface area contributed by atoms with Crippen LogP contribution in [0.5, 0.6) is 34.5 Å². The van der Waals surface area contributed by atoms with Gasteiger partial charge in [0.15, 0.2) is 0 Å². The molecule has 0 aliphatic heterocycles. The number of hydrogen-bond donors (Lipinski definition) is 6. The van der Waals surface area contributed by atoms with Gasteiger partial charge in [-0.3, -0.25) is 0 Å². The van der Waals surface area contributed by atoms with Crippen molar-refractivity contribution in [1.29, 1.82) is 0 Å². The predicted octanol–water partition coefficient (Wildman–Crippen LogP) is 15.5. The van der Waals surface area contributed by atoms with Crippen molar-refractivity contribution in [3.63, 3.8) is 0 Å². The van der Waals surface area contributed by atoms with Crippen molar-refractivity contribution in [3.05, 3.63) is 178 Å². The molecule has 2 saturated carbocycles. The van der Waals surface area contributed by atoms with Gasteiger partial charge in [0, 0.05) is 16.2 Å². The van der Waals surface area contributed by atoms with Crippen LogP contribution < -0.4 is 0 Å². The minimum Gasteiger partial charge on any atom is -0.508 e. The zero-order valence-corrected chi connectivity index (χ0v) is 39.9. The first-order valence-corrected chi connectivity index (χ1v) is 24.6. The summed E-state index contributed by atoms with van der Waals surface area (Å²) in [5.74, 6) is 1.92. The molecule has 2 aliphatic carbocycles. The third-order valence-corrected chi connectivity index (χ3v) is 15.0. The first-order chi connectivity index (χ1) is 31.8. The van der Waals surface area contributed by atoms with Crippen molar-refractivity contribution in [2.45, 2.75) is 153 Å². The fraction of sp³-hybridized carbons (Fsp3) is 0.400. The van der Waals surface area contributed by atoms with Crippen molar-refractivity contribution in [2.75, 3.05) is 0 Å². The summed E-state index contributed by atoms with van der Waals surface area (Å²) in [7, 11) is 0. The van der Waals surface area contributed by atoms with Gasteiger partial charge < -0.3 is 30.6 Å². The first kappa shape index (κ1) is 49.6. The minimum atomic E-state index is -0.110. The summed E-state index contributed by atoms with van der Waals surface area (Å²) < 4.78 is 0. The quantitative estimate of drug-likeness (QED) is 0.0949. The van der Waals surface area contributed by atoms with Gasteiger partial charge in [0.05, 0.1) is 0 Å². The Bertz CT molecular complexity index is 2240. The summed E-state index contributed by atoms with van der Waals surface area (Å²) in [6.45, 7) is 8.22. The summed E-state index contributed by atoms with van der Waals surface area (Å²) in [6.07, 6.45) is 21.0. The molecule has 6 nitrogen and oxygen atoms in total. The Hall–Kier alpha value is -5.88. The largest absolute Gasteiger partial charge is 0.508 e. The maximum Gasteiger partial charge on any atom is 0.118 e. The van der Waals surface area contributed by atoms with E-state index in [-0.39, 0.29) is 27.7 Å². The highest BCUT2D eigenvalue weighted by Gasteiger charge is 2.37. The van der Waals surface area contributed by atoms with Gasteiger partial charge in [0.1, 0.15) is 34.5 Å². The maximum absolute atomic E-state index is 9.84. The molecule has 0 heterocycles. The lowest BCUT2D eigenvalue weighted by atomic mass is 9.65. The van der Waals surface area contributed by atoms with Crippen LogP contribution in [0, 0.1) is 13.8 Å². The molecule has 6 N–H and O–H groups in total. The average molecular weight is 891 g/mol. The molecule has 2 aliphatic rings. The molecule has 0 radical (unpaired) electrons. The third kappa shape index (κ3) is 12.1. The SMILES string of the molecule is CCC(C)(c1ccc(O)cc1)c1ccc(O)cc1.Cc1cc(C2(c3ccc(O)c(C)c3)CCCCC2)ccc1O.Oc1ccc(C2(c3ccc(O)cc3)CCCCCCCCCCC2)cc1. The third-order valence-electron chi connectivity index (χ3n) is 15.0. The number of rotatable bonds is 7. The average Bonchev–Trinajstić information content (AvgIpc) is 3.32. The normalized spacial score (nSPS) is 16.5. The number of phenols is 6. The van der Waals surface area contributed by atoms with Gasteiger partial charge in [-0.15, -0.1) is 0 Å². The van der Waals surface area contributed by atoms with Gasteiger partial charge >= 0.3 is 0 Å². The molecular weight excluding hydrogens is 817 g/mol. The Labute approximate surface area is 394 Å². The van der Waals surface area contributed by atoms with Crippen molar-refractivity contribution >= 4 is 0 Å². The Balaban J connectivity index is 0.000000166. The molecule has 8 rings (SSSR count). The molecule has 66 heavy (non-hydrogen) atoms. The molecule has 0 spiro atoms. The molecule has 0 saturated heterocycles. The lowest BCUT2D eigenvalue weighted by molar-refractivity contribution is 0.344. The molecule has 6 aromatic rings. The van der Waals surface area contributed by atoms with E-state index in [0.717, 1.165) is 54.4 Å². The highest BCUT2D eigenvalue weighted by molar-refractivity contribution is 5.48. The van der Waals surface area contributed by atoms with Crippen LogP contribution in [0.2, 0.25) is 0 Å². The zero-order valence-electron chi connectivity index (χ0n) is 39.9. The number of benzene rings is 6. The summed E-state index contributed by atoms with van der Waals surface area (Å²) in [5, 5.41) is 58.0. The zero-order chi connectivity index (χ0) is 47.2. The topological polar surface area (TPSA) is 121 Å². The van der Waals surface area contributed by atoms with E-state index in [2.05, 4.69) is 62.4 Å². The van der Waals surface area contributed by atoms with Crippen molar-refractivity contribution in [1.82, 2.24) is 0 Å². The molecule has 0 atom stereocenters. The van der Waals surface area contributed by atoms with E-state index in [1.54, 1.807) is 24.3 Å². The van der Waals surface area contributed by atoms with E-state index < -0.39 is 0 Å². The van der Waals surface area contributed by atoms with Gasteiger partial charge in [-0.2, -0.15) is 0 Å². The van der Waals surface area contributed by atoms with E-state index in [9.17, 15) is 30.6 Å². The van der Waals surface area contributed by atoms with Gasteiger partial charge in [-0.25, -0.2) is 0 Å².